The topological polar surface area (TPSA) is 40.5 Å². The van der Waals surface area contributed by atoms with E-state index in [1.807, 2.05) is 24.3 Å². The van der Waals surface area contributed by atoms with Gasteiger partial charge in [0.25, 0.3) is 0 Å². The number of fused-ring (bicyclic) bond motifs is 1. The molecule has 0 fully saturated rings. The highest BCUT2D eigenvalue weighted by Crippen LogP contribution is 2.28. The fraction of sp³-hybridized carbons (Fsp3) is 0.278. The molecule has 1 heterocycles. The SMILES string of the molecule is O=C(CC(O)c1cccc(F)c1)N1CCCc2ccccc21. The van der Waals surface area contributed by atoms with Crippen LogP contribution < -0.4 is 4.90 Å². The van der Waals surface area contributed by atoms with Crippen LogP contribution in [0.3, 0.4) is 0 Å². The second-order valence-corrected chi connectivity index (χ2v) is 5.55. The van der Waals surface area contributed by atoms with Gasteiger partial charge in [0.15, 0.2) is 0 Å². The third-order valence-corrected chi connectivity index (χ3v) is 4.01. The molecular formula is C18H18FNO2. The van der Waals surface area contributed by atoms with E-state index < -0.39 is 11.9 Å². The first kappa shape index (κ1) is 14.7. The number of rotatable bonds is 3. The maximum atomic E-state index is 13.2. The summed E-state index contributed by atoms with van der Waals surface area (Å²) < 4.78 is 13.2. The van der Waals surface area contributed by atoms with Crippen LogP contribution in [0.4, 0.5) is 10.1 Å². The van der Waals surface area contributed by atoms with Crippen LogP contribution in [0.25, 0.3) is 0 Å². The van der Waals surface area contributed by atoms with E-state index in [2.05, 4.69) is 0 Å². The fourth-order valence-corrected chi connectivity index (χ4v) is 2.90. The summed E-state index contributed by atoms with van der Waals surface area (Å²) in [5, 5.41) is 10.2. The van der Waals surface area contributed by atoms with E-state index in [1.54, 1.807) is 11.0 Å². The predicted molar refractivity (Wildman–Crippen MR) is 83.1 cm³/mol. The molecular weight excluding hydrogens is 281 g/mol. The number of benzene rings is 2. The summed E-state index contributed by atoms with van der Waals surface area (Å²) in [6.45, 7) is 0.658. The average Bonchev–Trinajstić information content (AvgIpc) is 2.54. The van der Waals surface area contributed by atoms with Crippen molar-refractivity contribution in [3.05, 3.63) is 65.5 Å². The number of nitrogens with zero attached hydrogens (tertiary/aromatic N) is 1. The highest BCUT2D eigenvalue weighted by molar-refractivity contribution is 5.94. The van der Waals surface area contributed by atoms with Gasteiger partial charge in [0.2, 0.25) is 5.91 Å². The van der Waals surface area contributed by atoms with Gasteiger partial charge >= 0.3 is 0 Å². The van der Waals surface area contributed by atoms with Crippen LogP contribution in [-0.4, -0.2) is 17.6 Å². The molecule has 0 saturated carbocycles. The lowest BCUT2D eigenvalue weighted by Crippen LogP contribution is -2.36. The summed E-state index contributed by atoms with van der Waals surface area (Å²) in [5.41, 5.74) is 2.51. The van der Waals surface area contributed by atoms with Gasteiger partial charge in [-0.3, -0.25) is 4.79 Å². The molecule has 0 bridgehead atoms. The Morgan fingerprint density at radius 2 is 2.05 bits per heavy atom. The van der Waals surface area contributed by atoms with E-state index in [9.17, 15) is 14.3 Å². The zero-order valence-corrected chi connectivity index (χ0v) is 12.2. The van der Waals surface area contributed by atoms with Crippen molar-refractivity contribution in [3.63, 3.8) is 0 Å². The summed E-state index contributed by atoms with van der Waals surface area (Å²) in [6, 6.07) is 13.6. The second-order valence-electron chi connectivity index (χ2n) is 5.55. The molecule has 0 aliphatic carbocycles. The highest BCUT2D eigenvalue weighted by Gasteiger charge is 2.24. The average molecular weight is 299 g/mol. The Bertz CT molecular complexity index is 686. The Hall–Kier alpha value is -2.20. The maximum absolute atomic E-state index is 13.2. The minimum Gasteiger partial charge on any atom is -0.388 e. The van der Waals surface area contributed by atoms with Gasteiger partial charge in [-0.1, -0.05) is 30.3 Å². The summed E-state index contributed by atoms with van der Waals surface area (Å²) in [4.78, 5) is 14.2. The van der Waals surface area contributed by atoms with E-state index in [1.165, 1.54) is 18.2 Å². The van der Waals surface area contributed by atoms with E-state index in [-0.39, 0.29) is 12.3 Å². The lowest BCUT2D eigenvalue weighted by atomic mass is 10.00. The smallest absolute Gasteiger partial charge is 0.229 e. The number of para-hydroxylation sites is 1. The highest BCUT2D eigenvalue weighted by atomic mass is 19.1. The van der Waals surface area contributed by atoms with Gasteiger partial charge in [0.1, 0.15) is 5.82 Å². The normalized spacial score (nSPS) is 15.3. The Labute approximate surface area is 129 Å². The number of aliphatic hydroxyl groups is 1. The molecule has 3 nitrogen and oxygen atoms in total. The third kappa shape index (κ3) is 3.02. The number of carbonyl (C=O) groups excluding carboxylic acids is 1. The minimum atomic E-state index is -0.989. The quantitative estimate of drug-likeness (QED) is 0.945. The van der Waals surface area contributed by atoms with Crippen molar-refractivity contribution in [1.82, 2.24) is 0 Å². The summed E-state index contributed by atoms with van der Waals surface area (Å²) in [5.74, 6) is -0.545. The van der Waals surface area contributed by atoms with E-state index in [4.69, 9.17) is 0 Å². The van der Waals surface area contributed by atoms with Crippen molar-refractivity contribution in [2.24, 2.45) is 0 Å². The van der Waals surface area contributed by atoms with E-state index in [0.29, 0.717) is 12.1 Å². The number of hydrogen-bond acceptors (Lipinski definition) is 2. The molecule has 2 aromatic rings. The molecule has 0 spiro atoms. The standard InChI is InChI=1S/C18H18FNO2/c19-15-8-3-6-14(11-15)17(21)12-18(22)20-10-4-7-13-5-1-2-9-16(13)20/h1-3,5-6,8-9,11,17,21H,4,7,10,12H2. The molecule has 1 amide bonds. The van der Waals surface area contributed by atoms with Gasteiger partial charge in [-0.15, -0.1) is 0 Å². The summed E-state index contributed by atoms with van der Waals surface area (Å²) >= 11 is 0. The number of amides is 1. The van der Waals surface area contributed by atoms with Crippen molar-refractivity contribution in [2.45, 2.75) is 25.4 Å². The molecule has 1 unspecified atom stereocenters. The number of aryl methyl sites for hydroxylation is 1. The summed E-state index contributed by atoms with van der Waals surface area (Å²) in [6.07, 6.45) is 0.848. The van der Waals surface area contributed by atoms with Gasteiger partial charge in [0.05, 0.1) is 12.5 Å². The molecule has 114 valence electrons. The Morgan fingerprint density at radius 3 is 2.86 bits per heavy atom. The zero-order chi connectivity index (χ0) is 15.5. The van der Waals surface area contributed by atoms with Crippen LogP contribution in [-0.2, 0) is 11.2 Å². The van der Waals surface area contributed by atoms with Gasteiger partial charge < -0.3 is 10.0 Å². The molecule has 22 heavy (non-hydrogen) atoms. The fourth-order valence-electron chi connectivity index (χ4n) is 2.90. The monoisotopic (exact) mass is 299 g/mol. The van der Waals surface area contributed by atoms with Crippen LogP contribution in [0.1, 0.15) is 30.1 Å². The van der Waals surface area contributed by atoms with Crippen LogP contribution in [0.2, 0.25) is 0 Å². The first-order chi connectivity index (χ1) is 10.6. The third-order valence-electron chi connectivity index (χ3n) is 4.01. The number of anilines is 1. The first-order valence-electron chi connectivity index (χ1n) is 7.47. The van der Waals surface area contributed by atoms with Crippen LogP contribution >= 0.6 is 0 Å². The predicted octanol–water partition coefficient (Wildman–Crippen LogP) is 3.23. The van der Waals surface area contributed by atoms with Crippen LogP contribution in [0.15, 0.2) is 48.5 Å². The van der Waals surface area contributed by atoms with Crippen LogP contribution in [0.5, 0.6) is 0 Å². The second kappa shape index (κ2) is 6.28. The number of aliphatic hydroxyl groups excluding tert-OH is 1. The van der Waals surface area contributed by atoms with Gasteiger partial charge in [-0.2, -0.15) is 0 Å². The Balaban J connectivity index is 1.75. The lowest BCUT2D eigenvalue weighted by molar-refractivity contribution is -0.120. The minimum absolute atomic E-state index is 0.0439. The Morgan fingerprint density at radius 1 is 1.23 bits per heavy atom. The van der Waals surface area contributed by atoms with Gasteiger partial charge in [0, 0.05) is 12.2 Å². The molecule has 4 heteroatoms. The van der Waals surface area contributed by atoms with Gasteiger partial charge in [-0.05, 0) is 42.2 Å². The van der Waals surface area contributed by atoms with Crippen molar-refractivity contribution >= 4 is 11.6 Å². The van der Waals surface area contributed by atoms with Crippen molar-refractivity contribution in [2.75, 3.05) is 11.4 Å². The molecule has 1 aliphatic rings. The van der Waals surface area contributed by atoms with Crippen molar-refractivity contribution < 1.29 is 14.3 Å². The number of hydrogen-bond donors (Lipinski definition) is 1. The molecule has 1 aliphatic heterocycles. The molecule has 3 rings (SSSR count). The molecule has 2 aromatic carbocycles. The molecule has 1 atom stereocenters. The first-order valence-corrected chi connectivity index (χ1v) is 7.47. The molecule has 0 radical (unpaired) electrons. The molecule has 0 saturated heterocycles. The van der Waals surface area contributed by atoms with Crippen molar-refractivity contribution in [1.29, 1.82) is 0 Å². The summed E-state index contributed by atoms with van der Waals surface area (Å²) in [7, 11) is 0. The maximum Gasteiger partial charge on any atom is 0.229 e. The zero-order valence-electron chi connectivity index (χ0n) is 12.2. The van der Waals surface area contributed by atoms with E-state index in [0.717, 1.165) is 24.1 Å². The van der Waals surface area contributed by atoms with Gasteiger partial charge in [-0.25, -0.2) is 4.39 Å². The molecule has 1 N–H and O–H groups in total. The lowest BCUT2D eigenvalue weighted by Gasteiger charge is -2.30. The molecule has 0 aromatic heterocycles. The largest absolute Gasteiger partial charge is 0.388 e. The number of halogens is 1. The van der Waals surface area contributed by atoms with Crippen LogP contribution in [0, 0.1) is 5.82 Å². The van der Waals surface area contributed by atoms with Crippen molar-refractivity contribution in [3.8, 4) is 0 Å². The Kier molecular flexibility index (Phi) is 4.20. The van der Waals surface area contributed by atoms with E-state index >= 15 is 0 Å². The number of carbonyl (C=O) groups is 1.